The minimum atomic E-state index is 0.848. The average molecular weight is 194 g/mol. The van der Waals surface area contributed by atoms with Gasteiger partial charge in [-0.1, -0.05) is 13.0 Å². The molecule has 1 aliphatic carbocycles. The van der Waals surface area contributed by atoms with Crippen molar-refractivity contribution >= 4 is 0 Å². The van der Waals surface area contributed by atoms with Crippen molar-refractivity contribution in [2.75, 3.05) is 26.2 Å². The second-order valence-corrected chi connectivity index (χ2v) is 4.87. The van der Waals surface area contributed by atoms with Crippen molar-refractivity contribution in [2.24, 2.45) is 11.8 Å². The molecule has 14 heavy (non-hydrogen) atoms. The molecule has 0 unspecified atom stereocenters. The van der Waals surface area contributed by atoms with Crippen LogP contribution in [0, 0.1) is 11.8 Å². The van der Waals surface area contributed by atoms with Crippen molar-refractivity contribution < 1.29 is 0 Å². The molecule has 2 rings (SSSR count). The second-order valence-electron chi connectivity index (χ2n) is 4.87. The number of rotatable bonds is 5. The van der Waals surface area contributed by atoms with Crippen LogP contribution in [0.3, 0.4) is 0 Å². The molecule has 0 aromatic heterocycles. The normalized spacial score (nSPS) is 32.4. The van der Waals surface area contributed by atoms with Crippen LogP contribution in [0.15, 0.2) is 12.7 Å². The summed E-state index contributed by atoms with van der Waals surface area (Å²) in [4.78, 5) is 2.61. The molecule has 1 N–H and O–H groups in total. The fraction of sp³-hybridized carbons (Fsp3) is 0.833. The van der Waals surface area contributed by atoms with Crippen LogP contribution < -0.4 is 5.32 Å². The van der Waals surface area contributed by atoms with Crippen LogP contribution in [0.4, 0.5) is 0 Å². The van der Waals surface area contributed by atoms with Gasteiger partial charge in [-0.25, -0.2) is 0 Å². The molecule has 1 aliphatic heterocycles. The van der Waals surface area contributed by atoms with E-state index >= 15 is 0 Å². The quantitative estimate of drug-likeness (QED) is 0.667. The van der Waals surface area contributed by atoms with Crippen LogP contribution in [-0.2, 0) is 0 Å². The summed E-state index contributed by atoms with van der Waals surface area (Å²) >= 11 is 0. The zero-order valence-corrected chi connectivity index (χ0v) is 9.21. The third-order valence-electron chi connectivity index (χ3n) is 3.57. The lowest BCUT2D eigenvalue weighted by atomic mass is 9.97. The van der Waals surface area contributed by atoms with E-state index in [9.17, 15) is 0 Å². The van der Waals surface area contributed by atoms with Crippen molar-refractivity contribution in [1.29, 1.82) is 0 Å². The number of nitrogens with one attached hydrogen (secondary N) is 1. The summed E-state index contributed by atoms with van der Waals surface area (Å²) in [5.41, 5.74) is 0. The summed E-state index contributed by atoms with van der Waals surface area (Å²) in [6.45, 7) is 11.0. The molecule has 1 heterocycles. The van der Waals surface area contributed by atoms with Gasteiger partial charge >= 0.3 is 0 Å². The van der Waals surface area contributed by atoms with Gasteiger partial charge in [-0.2, -0.15) is 0 Å². The molecule has 0 aromatic rings. The molecule has 2 aliphatic rings. The summed E-state index contributed by atoms with van der Waals surface area (Å²) in [6, 6.07) is 0.876. The first-order valence-electron chi connectivity index (χ1n) is 5.87. The molecule has 0 radical (unpaired) electrons. The highest BCUT2D eigenvalue weighted by atomic mass is 15.2. The zero-order valence-electron chi connectivity index (χ0n) is 9.21. The molecular formula is C12H22N2. The van der Waals surface area contributed by atoms with Crippen molar-refractivity contribution in [3.63, 3.8) is 0 Å². The Kier molecular flexibility index (Phi) is 3.24. The van der Waals surface area contributed by atoms with E-state index in [2.05, 4.69) is 23.7 Å². The standard InChI is InChI=1S/C12H22N2/c1-3-6-14(12-4-5-12)9-11-8-13-7-10(11)2/h3,10-13H,1,4-9H2,2H3/t10-,11+/m1/s1. The first-order valence-corrected chi connectivity index (χ1v) is 5.87. The maximum Gasteiger partial charge on any atom is 0.0163 e. The lowest BCUT2D eigenvalue weighted by Crippen LogP contribution is -2.34. The van der Waals surface area contributed by atoms with Crippen molar-refractivity contribution in [3.05, 3.63) is 12.7 Å². The van der Waals surface area contributed by atoms with Crippen LogP contribution in [0.1, 0.15) is 19.8 Å². The maximum absolute atomic E-state index is 3.85. The van der Waals surface area contributed by atoms with E-state index in [1.165, 1.54) is 32.5 Å². The molecule has 0 spiro atoms. The topological polar surface area (TPSA) is 15.3 Å². The lowest BCUT2D eigenvalue weighted by Gasteiger charge is -2.25. The Morgan fingerprint density at radius 3 is 2.71 bits per heavy atom. The van der Waals surface area contributed by atoms with Crippen LogP contribution in [0.2, 0.25) is 0 Å². The van der Waals surface area contributed by atoms with Gasteiger partial charge in [0.15, 0.2) is 0 Å². The van der Waals surface area contributed by atoms with E-state index in [0.717, 1.165) is 24.4 Å². The Labute approximate surface area is 87.4 Å². The summed E-state index contributed by atoms with van der Waals surface area (Å²) < 4.78 is 0. The van der Waals surface area contributed by atoms with Gasteiger partial charge in [0, 0.05) is 19.1 Å². The highest BCUT2D eigenvalue weighted by molar-refractivity contribution is 4.91. The third kappa shape index (κ3) is 2.37. The van der Waals surface area contributed by atoms with Gasteiger partial charge < -0.3 is 5.32 Å². The first kappa shape index (κ1) is 10.2. The summed E-state index contributed by atoms with van der Waals surface area (Å²) in [5, 5.41) is 3.48. The van der Waals surface area contributed by atoms with Crippen molar-refractivity contribution in [2.45, 2.75) is 25.8 Å². The van der Waals surface area contributed by atoms with E-state index in [4.69, 9.17) is 0 Å². The van der Waals surface area contributed by atoms with Crippen LogP contribution in [-0.4, -0.2) is 37.1 Å². The van der Waals surface area contributed by atoms with Gasteiger partial charge in [0.05, 0.1) is 0 Å². The highest BCUT2D eigenvalue weighted by Crippen LogP contribution is 2.29. The fourth-order valence-electron chi connectivity index (χ4n) is 2.39. The van der Waals surface area contributed by atoms with Crippen LogP contribution in [0.25, 0.3) is 0 Å². The monoisotopic (exact) mass is 194 g/mol. The van der Waals surface area contributed by atoms with Gasteiger partial charge in [-0.15, -0.1) is 6.58 Å². The van der Waals surface area contributed by atoms with Crippen molar-refractivity contribution in [1.82, 2.24) is 10.2 Å². The van der Waals surface area contributed by atoms with E-state index in [0.29, 0.717) is 0 Å². The predicted molar refractivity (Wildman–Crippen MR) is 60.3 cm³/mol. The van der Waals surface area contributed by atoms with E-state index in [-0.39, 0.29) is 0 Å². The molecule has 0 bridgehead atoms. The molecule has 0 amide bonds. The molecule has 2 fully saturated rings. The lowest BCUT2D eigenvalue weighted by molar-refractivity contribution is 0.229. The van der Waals surface area contributed by atoms with Gasteiger partial charge in [0.25, 0.3) is 0 Å². The molecule has 0 aromatic carbocycles. The number of hydrogen-bond acceptors (Lipinski definition) is 2. The van der Waals surface area contributed by atoms with Gasteiger partial charge in [-0.3, -0.25) is 4.90 Å². The van der Waals surface area contributed by atoms with Crippen LogP contribution >= 0.6 is 0 Å². The molecule has 1 saturated carbocycles. The first-order chi connectivity index (χ1) is 6.81. The van der Waals surface area contributed by atoms with E-state index in [1.54, 1.807) is 0 Å². The zero-order chi connectivity index (χ0) is 9.97. The minimum absolute atomic E-state index is 0.848. The smallest absolute Gasteiger partial charge is 0.0163 e. The molecule has 2 heteroatoms. The van der Waals surface area contributed by atoms with Gasteiger partial charge in [0.2, 0.25) is 0 Å². The molecule has 80 valence electrons. The summed E-state index contributed by atoms with van der Waals surface area (Å²) in [5.74, 6) is 1.71. The minimum Gasteiger partial charge on any atom is -0.316 e. The maximum atomic E-state index is 3.85. The van der Waals surface area contributed by atoms with Crippen molar-refractivity contribution in [3.8, 4) is 0 Å². The highest BCUT2D eigenvalue weighted by Gasteiger charge is 2.32. The average Bonchev–Trinajstić information content (AvgIpc) is 2.93. The number of hydrogen-bond donors (Lipinski definition) is 1. The third-order valence-corrected chi connectivity index (χ3v) is 3.57. The Bertz CT molecular complexity index is 198. The van der Waals surface area contributed by atoms with E-state index in [1.807, 2.05) is 6.08 Å². The predicted octanol–water partition coefficient (Wildman–Crippen LogP) is 1.49. The SMILES string of the molecule is C=CCN(C[C@@H]1CNC[C@H]1C)C1CC1. The fourth-order valence-corrected chi connectivity index (χ4v) is 2.39. The molecule has 2 atom stereocenters. The van der Waals surface area contributed by atoms with Gasteiger partial charge in [-0.05, 0) is 37.8 Å². The van der Waals surface area contributed by atoms with Crippen LogP contribution in [0.5, 0.6) is 0 Å². The van der Waals surface area contributed by atoms with Gasteiger partial charge in [0.1, 0.15) is 0 Å². The molecular weight excluding hydrogens is 172 g/mol. The summed E-state index contributed by atoms with van der Waals surface area (Å²) in [6.07, 6.45) is 4.86. The Hall–Kier alpha value is -0.340. The largest absolute Gasteiger partial charge is 0.316 e. The Morgan fingerprint density at radius 2 is 2.21 bits per heavy atom. The Morgan fingerprint density at radius 1 is 1.43 bits per heavy atom. The molecule has 2 nitrogen and oxygen atoms in total. The number of nitrogens with zero attached hydrogens (tertiary/aromatic N) is 1. The Balaban J connectivity index is 1.82. The second kappa shape index (κ2) is 4.45. The summed E-state index contributed by atoms with van der Waals surface area (Å²) in [7, 11) is 0. The van der Waals surface area contributed by atoms with E-state index < -0.39 is 0 Å². The molecule has 1 saturated heterocycles.